The van der Waals surface area contributed by atoms with E-state index in [4.69, 9.17) is 15.4 Å². The minimum absolute atomic E-state index is 0.138. The molecule has 0 aromatic heterocycles. The molecule has 0 saturated carbocycles. The van der Waals surface area contributed by atoms with Crippen molar-refractivity contribution in [1.82, 2.24) is 0 Å². The van der Waals surface area contributed by atoms with Crippen molar-refractivity contribution < 1.29 is 19.1 Å². The van der Waals surface area contributed by atoms with Gasteiger partial charge in [-0.2, -0.15) is 5.90 Å². The first-order chi connectivity index (χ1) is 11.7. The van der Waals surface area contributed by atoms with Crippen LogP contribution < -0.4 is 15.4 Å². The number of unbranched alkanes of at least 4 members (excludes halogenated alkanes) is 1. The second-order valence-corrected chi connectivity index (χ2v) is 5.46. The van der Waals surface area contributed by atoms with Crippen LogP contribution in [0.3, 0.4) is 0 Å². The van der Waals surface area contributed by atoms with Crippen LogP contribution in [0.5, 0.6) is 17.2 Å². The normalized spacial score (nSPS) is 11.6. The molecule has 0 aliphatic carbocycles. The Morgan fingerprint density at radius 1 is 1.00 bits per heavy atom. The summed E-state index contributed by atoms with van der Waals surface area (Å²) in [6, 6.07) is 16.9. The van der Waals surface area contributed by atoms with Crippen LogP contribution in [-0.2, 0) is 9.63 Å². The second-order valence-electron chi connectivity index (χ2n) is 5.46. The third-order valence-corrected chi connectivity index (χ3v) is 3.51. The van der Waals surface area contributed by atoms with E-state index in [1.165, 1.54) is 0 Å². The van der Waals surface area contributed by atoms with Crippen LogP contribution in [0.2, 0.25) is 0 Å². The van der Waals surface area contributed by atoms with Gasteiger partial charge in [-0.05, 0) is 42.8 Å². The molecular formula is C19H23NO4. The fraction of sp³-hybridized carbons (Fsp3) is 0.316. The van der Waals surface area contributed by atoms with Gasteiger partial charge >= 0.3 is 5.97 Å². The van der Waals surface area contributed by atoms with Crippen molar-refractivity contribution in [2.45, 2.75) is 38.7 Å². The Kier molecular flexibility index (Phi) is 7.11. The summed E-state index contributed by atoms with van der Waals surface area (Å²) in [4.78, 5) is 15.6. The maximum absolute atomic E-state index is 11.4. The number of nitrogens with two attached hydrogens (primary N) is 1. The maximum Gasteiger partial charge on any atom is 0.328 e. The molecule has 0 bridgehead atoms. The molecule has 0 heterocycles. The molecule has 0 aliphatic heterocycles. The van der Waals surface area contributed by atoms with E-state index < -0.39 is 5.97 Å². The van der Waals surface area contributed by atoms with Crippen LogP contribution in [0.4, 0.5) is 0 Å². The summed E-state index contributed by atoms with van der Waals surface area (Å²) in [5.41, 5.74) is 0. The zero-order valence-corrected chi connectivity index (χ0v) is 13.8. The van der Waals surface area contributed by atoms with Gasteiger partial charge in [-0.25, -0.2) is 0 Å². The molecule has 0 amide bonds. The first-order valence-electron chi connectivity index (χ1n) is 8.10. The lowest BCUT2D eigenvalue weighted by molar-refractivity contribution is -0.146. The number of hydrogen-bond donors (Lipinski definition) is 1. The first kappa shape index (κ1) is 17.8. The van der Waals surface area contributed by atoms with E-state index in [1.54, 1.807) is 0 Å². The molecule has 0 fully saturated rings. The number of benzene rings is 2. The Balaban J connectivity index is 1.96. The number of para-hydroxylation sites is 1. The summed E-state index contributed by atoms with van der Waals surface area (Å²) in [6.45, 7) is 2.09. The molecule has 0 saturated heterocycles. The van der Waals surface area contributed by atoms with Crippen LogP contribution in [0, 0.1) is 0 Å². The third kappa shape index (κ3) is 5.93. The smallest absolute Gasteiger partial charge is 0.328 e. The average Bonchev–Trinajstić information content (AvgIpc) is 2.62. The van der Waals surface area contributed by atoms with E-state index in [-0.39, 0.29) is 12.5 Å². The van der Waals surface area contributed by atoms with E-state index in [1.807, 2.05) is 54.6 Å². The predicted molar refractivity (Wildman–Crippen MR) is 91.8 cm³/mol. The van der Waals surface area contributed by atoms with E-state index in [2.05, 4.69) is 11.8 Å². The van der Waals surface area contributed by atoms with Crippen LogP contribution >= 0.6 is 0 Å². The van der Waals surface area contributed by atoms with Gasteiger partial charge in [0.1, 0.15) is 23.4 Å². The molecule has 2 N–H and O–H groups in total. The standard InChI is InChI=1S/C19H23NO4/c1-2-3-7-18(14-19(21)24-20)23-17-12-10-16(11-13-17)22-15-8-5-4-6-9-15/h4-6,8-13,18H,2-3,7,14,20H2,1H3. The monoisotopic (exact) mass is 329 g/mol. The Labute approximate surface area is 142 Å². The molecule has 5 nitrogen and oxygen atoms in total. The number of ether oxygens (including phenoxy) is 2. The van der Waals surface area contributed by atoms with Gasteiger partial charge < -0.3 is 14.3 Å². The molecular weight excluding hydrogens is 306 g/mol. The van der Waals surface area contributed by atoms with Crippen molar-refractivity contribution in [3.05, 3.63) is 54.6 Å². The van der Waals surface area contributed by atoms with Gasteiger partial charge in [0.05, 0.1) is 6.42 Å². The molecule has 1 unspecified atom stereocenters. The van der Waals surface area contributed by atoms with E-state index in [9.17, 15) is 4.79 Å². The highest BCUT2D eigenvalue weighted by Gasteiger charge is 2.16. The number of hydrogen-bond acceptors (Lipinski definition) is 5. The number of rotatable bonds is 9. The summed E-state index contributed by atoms with van der Waals surface area (Å²) in [5, 5.41) is 0. The van der Waals surface area contributed by atoms with Crippen molar-refractivity contribution in [3.8, 4) is 17.2 Å². The van der Waals surface area contributed by atoms with E-state index in [0.29, 0.717) is 5.75 Å². The lowest BCUT2D eigenvalue weighted by Crippen LogP contribution is -2.23. The molecule has 128 valence electrons. The third-order valence-electron chi connectivity index (χ3n) is 3.51. The van der Waals surface area contributed by atoms with Crippen molar-refractivity contribution >= 4 is 5.97 Å². The molecule has 0 aliphatic rings. The maximum atomic E-state index is 11.4. The largest absolute Gasteiger partial charge is 0.490 e. The van der Waals surface area contributed by atoms with Crippen LogP contribution in [-0.4, -0.2) is 12.1 Å². The van der Waals surface area contributed by atoms with Crippen molar-refractivity contribution in [2.24, 2.45) is 5.90 Å². The Morgan fingerprint density at radius 2 is 1.62 bits per heavy atom. The summed E-state index contributed by atoms with van der Waals surface area (Å²) in [5.74, 6) is 6.62. The number of carbonyl (C=O) groups excluding carboxylic acids is 1. The fourth-order valence-corrected chi connectivity index (χ4v) is 2.27. The quantitative estimate of drug-likeness (QED) is 0.697. The topological polar surface area (TPSA) is 70.8 Å². The van der Waals surface area contributed by atoms with Gasteiger partial charge in [-0.1, -0.05) is 38.0 Å². The van der Waals surface area contributed by atoms with Crippen molar-refractivity contribution in [3.63, 3.8) is 0 Å². The van der Waals surface area contributed by atoms with Gasteiger partial charge in [-0.3, -0.25) is 4.79 Å². The van der Waals surface area contributed by atoms with Crippen LogP contribution in [0.25, 0.3) is 0 Å². The lowest BCUT2D eigenvalue weighted by atomic mass is 10.1. The molecule has 1 atom stereocenters. The minimum Gasteiger partial charge on any atom is -0.490 e. The highest BCUT2D eigenvalue weighted by atomic mass is 16.7. The molecule has 0 spiro atoms. The van der Waals surface area contributed by atoms with E-state index >= 15 is 0 Å². The first-order valence-corrected chi connectivity index (χ1v) is 8.10. The Morgan fingerprint density at radius 3 is 2.25 bits per heavy atom. The number of carbonyl (C=O) groups is 1. The molecule has 0 radical (unpaired) electrons. The summed E-state index contributed by atoms with van der Waals surface area (Å²) in [6.07, 6.45) is 2.66. The SMILES string of the molecule is CCCCC(CC(=O)ON)Oc1ccc(Oc2ccccc2)cc1. The molecule has 2 aromatic carbocycles. The zero-order chi connectivity index (χ0) is 17.2. The summed E-state index contributed by atoms with van der Waals surface area (Å²) >= 11 is 0. The fourth-order valence-electron chi connectivity index (χ4n) is 2.27. The van der Waals surface area contributed by atoms with Gasteiger partial charge in [0.2, 0.25) is 0 Å². The predicted octanol–water partition coefficient (Wildman–Crippen LogP) is 4.22. The highest BCUT2D eigenvalue weighted by molar-refractivity contribution is 5.69. The summed E-state index contributed by atoms with van der Waals surface area (Å²) in [7, 11) is 0. The van der Waals surface area contributed by atoms with Crippen molar-refractivity contribution in [1.29, 1.82) is 0 Å². The van der Waals surface area contributed by atoms with Gasteiger partial charge in [0.25, 0.3) is 0 Å². The highest BCUT2D eigenvalue weighted by Crippen LogP contribution is 2.25. The molecule has 2 aromatic rings. The van der Waals surface area contributed by atoms with Crippen LogP contribution in [0.1, 0.15) is 32.6 Å². The Hall–Kier alpha value is -2.53. The van der Waals surface area contributed by atoms with E-state index in [0.717, 1.165) is 30.8 Å². The average molecular weight is 329 g/mol. The van der Waals surface area contributed by atoms with Crippen molar-refractivity contribution in [2.75, 3.05) is 0 Å². The van der Waals surface area contributed by atoms with Gasteiger partial charge in [0, 0.05) is 0 Å². The van der Waals surface area contributed by atoms with Gasteiger partial charge in [-0.15, -0.1) is 0 Å². The zero-order valence-electron chi connectivity index (χ0n) is 13.8. The minimum atomic E-state index is -0.472. The van der Waals surface area contributed by atoms with Gasteiger partial charge in [0.15, 0.2) is 0 Å². The Bertz CT molecular complexity index is 613. The molecule has 5 heteroatoms. The van der Waals surface area contributed by atoms with Crippen LogP contribution in [0.15, 0.2) is 54.6 Å². The molecule has 2 rings (SSSR count). The lowest BCUT2D eigenvalue weighted by Gasteiger charge is -2.18. The second kappa shape index (κ2) is 9.57. The summed E-state index contributed by atoms with van der Waals surface area (Å²) < 4.78 is 11.6. The molecule has 24 heavy (non-hydrogen) atoms.